The van der Waals surface area contributed by atoms with E-state index in [4.69, 9.17) is 0 Å². The Hall–Kier alpha value is -1.32. The lowest BCUT2D eigenvalue weighted by atomic mass is 10.0. The zero-order chi connectivity index (χ0) is 11.1. The molecule has 0 saturated carbocycles. The minimum absolute atomic E-state index is 0.123. The van der Waals surface area contributed by atoms with Crippen LogP contribution < -0.4 is 9.47 Å². The topological polar surface area (TPSA) is 18.5 Å². The molecule has 0 amide bonds. The second-order valence-electron chi connectivity index (χ2n) is 4.01. The molecule has 0 aliphatic carbocycles. The van der Waals surface area contributed by atoms with Gasteiger partial charge in [0.2, 0.25) is 0 Å². The van der Waals surface area contributed by atoms with E-state index >= 15 is 0 Å². The zero-order valence-corrected chi connectivity index (χ0v) is 8.59. The number of benzene rings is 1. The fourth-order valence-electron chi connectivity index (χ4n) is 1.63. The predicted molar refractivity (Wildman–Crippen MR) is 51.2 cm³/mol. The molecule has 82 valence electrons. The van der Waals surface area contributed by atoms with E-state index in [1.54, 1.807) is 12.1 Å². The molecule has 4 heteroatoms. The third-order valence-corrected chi connectivity index (χ3v) is 2.14. The number of alkyl halides is 2. The molecule has 2 nitrogen and oxygen atoms in total. The van der Waals surface area contributed by atoms with Gasteiger partial charge in [-0.25, -0.2) is 0 Å². The van der Waals surface area contributed by atoms with Crippen LogP contribution in [0.5, 0.6) is 11.5 Å². The molecule has 0 aromatic heterocycles. The van der Waals surface area contributed by atoms with Gasteiger partial charge in [-0.05, 0) is 24.0 Å². The van der Waals surface area contributed by atoms with Gasteiger partial charge in [-0.1, -0.05) is 26.0 Å². The van der Waals surface area contributed by atoms with Gasteiger partial charge in [-0.15, -0.1) is 8.78 Å². The molecule has 0 unspecified atom stereocenters. The molecule has 0 N–H and O–H groups in total. The maximum Gasteiger partial charge on any atom is 0.586 e. The Bertz CT molecular complexity index is 375. The normalized spacial score (nSPS) is 17.1. The summed E-state index contributed by atoms with van der Waals surface area (Å²) in [6.45, 7) is 4.04. The van der Waals surface area contributed by atoms with Crippen molar-refractivity contribution in [2.75, 3.05) is 0 Å². The molecule has 15 heavy (non-hydrogen) atoms. The van der Waals surface area contributed by atoms with E-state index in [9.17, 15) is 8.78 Å². The molecular weight excluding hydrogens is 202 g/mol. The number of fused-ring (bicyclic) bond motifs is 1. The fraction of sp³-hybridized carbons (Fsp3) is 0.455. The summed E-state index contributed by atoms with van der Waals surface area (Å²) in [5.41, 5.74) is 0.764. The van der Waals surface area contributed by atoms with Crippen molar-refractivity contribution in [1.82, 2.24) is 0 Å². The van der Waals surface area contributed by atoms with Crippen LogP contribution in [0.2, 0.25) is 0 Å². The van der Waals surface area contributed by atoms with E-state index in [2.05, 4.69) is 9.47 Å². The van der Waals surface area contributed by atoms with Gasteiger partial charge in [0, 0.05) is 0 Å². The summed E-state index contributed by atoms with van der Waals surface area (Å²) in [5, 5.41) is 0. The van der Waals surface area contributed by atoms with E-state index in [-0.39, 0.29) is 11.5 Å². The summed E-state index contributed by atoms with van der Waals surface area (Å²) < 4.78 is 34.5. The number of para-hydroxylation sites is 1. The Balaban J connectivity index is 2.33. The molecule has 0 bridgehead atoms. The highest BCUT2D eigenvalue weighted by molar-refractivity contribution is 5.48. The molecule has 0 fully saturated rings. The van der Waals surface area contributed by atoms with Crippen LogP contribution in [0.25, 0.3) is 0 Å². The summed E-state index contributed by atoms with van der Waals surface area (Å²) in [6.07, 6.45) is -2.82. The van der Waals surface area contributed by atoms with E-state index in [0.717, 1.165) is 5.56 Å². The van der Waals surface area contributed by atoms with Crippen LogP contribution in [0.15, 0.2) is 18.2 Å². The number of hydrogen-bond donors (Lipinski definition) is 0. The van der Waals surface area contributed by atoms with Crippen LogP contribution in [0, 0.1) is 5.92 Å². The molecule has 1 aliphatic heterocycles. The fourth-order valence-corrected chi connectivity index (χ4v) is 1.63. The van der Waals surface area contributed by atoms with Gasteiger partial charge in [-0.2, -0.15) is 0 Å². The summed E-state index contributed by atoms with van der Waals surface area (Å²) in [4.78, 5) is 0. The van der Waals surface area contributed by atoms with Gasteiger partial charge in [0.25, 0.3) is 0 Å². The monoisotopic (exact) mass is 214 g/mol. The lowest BCUT2D eigenvalue weighted by Gasteiger charge is -2.08. The highest BCUT2D eigenvalue weighted by Crippen LogP contribution is 2.43. The minimum atomic E-state index is -3.52. The van der Waals surface area contributed by atoms with Crippen molar-refractivity contribution in [2.45, 2.75) is 26.6 Å². The van der Waals surface area contributed by atoms with Gasteiger partial charge in [0.05, 0.1) is 0 Å². The van der Waals surface area contributed by atoms with Crippen molar-refractivity contribution >= 4 is 0 Å². The maximum atomic E-state index is 12.8. The zero-order valence-electron chi connectivity index (χ0n) is 8.59. The third-order valence-electron chi connectivity index (χ3n) is 2.14. The standard InChI is InChI=1S/C11H12F2O2/c1-7(2)6-8-4-3-5-9-10(8)15-11(12,13)14-9/h3-5,7H,6H2,1-2H3. The van der Waals surface area contributed by atoms with Gasteiger partial charge < -0.3 is 9.47 Å². The summed E-state index contributed by atoms with van der Waals surface area (Å²) in [7, 11) is 0. The molecule has 0 radical (unpaired) electrons. The second-order valence-corrected chi connectivity index (χ2v) is 4.01. The highest BCUT2D eigenvalue weighted by Gasteiger charge is 2.44. The first-order valence-corrected chi connectivity index (χ1v) is 4.85. The Morgan fingerprint density at radius 2 is 2.00 bits per heavy atom. The van der Waals surface area contributed by atoms with Crippen molar-refractivity contribution in [3.8, 4) is 11.5 Å². The van der Waals surface area contributed by atoms with Crippen molar-refractivity contribution in [3.63, 3.8) is 0 Å². The van der Waals surface area contributed by atoms with E-state index in [1.165, 1.54) is 6.07 Å². The van der Waals surface area contributed by atoms with Crippen molar-refractivity contribution in [3.05, 3.63) is 23.8 Å². The predicted octanol–water partition coefficient (Wildman–Crippen LogP) is 3.21. The number of halogens is 2. The number of hydrogen-bond acceptors (Lipinski definition) is 2. The average molecular weight is 214 g/mol. The summed E-state index contributed by atoms with van der Waals surface area (Å²) in [5.74, 6) is 0.684. The molecule has 2 rings (SSSR count). The van der Waals surface area contributed by atoms with Crippen LogP contribution in [-0.4, -0.2) is 6.29 Å². The van der Waals surface area contributed by atoms with Gasteiger partial charge in [0.15, 0.2) is 11.5 Å². The number of rotatable bonds is 2. The van der Waals surface area contributed by atoms with E-state index < -0.39 is 6.29 Å². The molecule has 1 heterocycles. The largest absolute Gasteiger partial charge is 0.586 e. The van der Waals surface area contributed by atoms with Crippen LogP contribution >= 0.6 is 0 Å². The van der Waals surface area contributed by atoms with Gasteiger partial charge in [-0.3, -0.25) is 0 Å². The average Bonchev–Trinajstić information content (AvgIpc) is 2.39. The summed E-state index contributed by atoms with van der Waals surface area (Å²) in [6, 6.07) is 4.96. The Morgan fingerprint density at radius 1 is 1.27 bits per heavy atom. The van der Waals surface area contributed by atoms with Crippen LogP contribution in [0.4, 0.5) is 8.78 Å². The second kappa shape index (κ2) is 3.36. The first-order chi connectivity index (χ1) is 6.98. The van der Waals surface area contributed by atoms with Crippen LogP contribution in [0.3, 0.4) is 0 Å². The quantitative estimate of drug-likeness (QED) is 0.752. The summed E-state index contributed by atoms with van der Waals surface area (Å²) >= 11 is 0. The lowest BCUT2D eigenvalue weighted by molar-refractivity contribution is -0.286. The van der Waals surface area contributed by atoms with Gasteiger partial charge >= 0.3 is 6.29 Å². The SMILES string of the molecule is CC(C)Cc1cccc2c1OC(F)(F)O2. The molecule has 1 aromatic carbocycles. The number of ether oxygens (including phenoxy) is 2. The first-order valence-electron chi connectivity index (χ1n) is 4.85. The van der Waals surface area contributed by atoms with Crippen molar-refractivity contribution < 1.29 is 18.3 Å². The molecule has 1 aliphatic rings. The smallest absolute Gasteiger partial charge is 0.395 e. The molecular formula is C11H12F2O2. The Morgan fingerprint density at radius 3 is 2.67 bits per heavy atom. The first kappa shape index (κ1) is 10.2. The maximum absolute atomic E-state index is 12.8. The van der Waals surface area contributed by atoms with Crippen LogP contribution in [0.1, 0.15) is 19.4 Å². The van der Waals surface area contributed by atoms with Crippen molar-refractivity contribution in [2.24, 2.45) is 5.92 Å². The van der Waals surface area contributed by atoms with E-state index in [0.29, 0.717) is 12.3 Å². The van der Waals surface area contributed by atoms with E-state index in [1.807, 2.05) is 13.8 Å². The van der Waals surface area contributed by atoms with Crippen LogP contribution in [-0.2, 0) is 6.42 Å². The molecule has 0 saturated heterocycles. The van der Waals surface area contributed by atoms with Gasteiger partial charge in [0.1, 0.15) is 0 Å². The third kappa shape index (κ3) is 2.03. The Kier molecular flexibility index (Phi) is 2.29. The molecule has 0 spiro atoms. The lowest BCUT2D eigenvalue weighted by Crippen LogP contribution is -2.26. The van der Waals surface area contributed by atoms with Crippen molar-refractivity contribution in [1.29, 1.82) is 0 Å². The molecule has 1 aromatic rings. The Labute approximate surface area is 86.8 Å². The minimum Gasteiger partial charge on any atom is -0.395 e. The molecule has 0 atom stereocenters. The highest BCUT2D eigenvalue weighted by atomic mass is 19.3.